The summed E-state index contributed by atoms with van der Waals surface area (Å²) in [6, 6.07) is 3.45. The van der Waals surface area contributed by atoms with E-state index in [4.69, 9.17) is 4.74 Å². The first-order valence-corrected chi connectivity index (χ1v) is 6.58. The molecule has 96 valence electrons. The van der Waals surface area contributed by atoms with E-state index in [0.717, 1.165) is 0 Å². The van der Waals surface area contributed by atoms with Crippen LogP contribution >= 0.6 is 0 Å². The smallest absolute Gasteiger partial charge is 0.243 e. The number of ether oxygens (including phenoxy) is 1. The molecular weight excluding hydrogens is 256 g/mol. The van der Waals surface area contributed by atoms with E-state index in [-0.39, 0.29) is 11.4 Å². The normalized spacial score (nSPS) is 11.4. The highest BCUT2D eigenvalue weighted by atomic mass is 32.2. The lowest BCUT2D eigenvalue weighted by Crippen LogP contribution is -2.23. The van der Waals surface area contributed by atoms with Gasteiger partial charge in [0.05, 0.1) is 13.3 Å². The van der Waals surface area contributed by atoms with Crippen molar-refractivity contribution in [3.05, 3.63) is 36.3 Å². The Hall–Kier alpha value is -1.93. The summed E-state index contributed by atoms with van der Waals surface area (Å²) in [7, 11) is -2.08. The second kappa shape index (κ2) is 5.15. The van der Waals surface area contributed by atoms with Crippen LogP contribution in [0.5, 0.6) is 5.88 Å². The van der Waals surface area contributed by atoms with Crippen LogP contribution in [-0.4, -0.2) is 30.7 Å². The molecular formula is C10H12N4O3S. The van der Waals surface area contributed by atoms with Gasteiger partial charge in [-0.15, -0.1) is 0 Å². The molecule has 0 fully saturated rings. The van der Waals surface area contributed by atoms with Crippen LogP contribution in [0.4, 0.5) is 0 Å². The molecule has 2 N–H and O–H groups in total. The SMILES string of the molecule is COc1ncccc1CNS(=O)(=O)c1cn[nH]c1. The third-order valence-electron chi connectivity index (χ3n) is 2.28. The molecule has 8 heteroatoms. The number of methoxy groups -OCH3 is 1. The molecule has 0 saturated heterocycles. The van der Waals surface area contributed by atoms with Crippen molar-refractivity contribution in [3.63, 3.8) is 0 Å². The Morgan fingerprint density at radius 2 is 2.33 bits per heavy atom. The summed E-state index contributed by atoms with van der Waals surface area (Å²) in [6.07, 6.45) is 4.12. The minimum absolute atomic E-state index is 0.0883. The van der Waals surface area contributed by atoms with Crippen molar-refractivity contribution in [2.45, 2.75) is 11.4 Å². The van der Waals surface area contributed by atoms with Gasteiger partial charge in [0, 0.05) is 24.5 Å². The van der Waals surface area contributed by atoms with Gasteiger partial charge in [0.1, 0.15) is 4.90 Å². The van der Waals surface area contributed by atoms with E-state index in [0.29, 0.717) is 11.4 Å². The molecule has 0 radical (unpaired) electrons. The third-order valence-corrected chi connectivity index (χ3v) is 3.65. The first-order chi connectivity index (χ1) is 8.63. The van der Waals surface area contributed by atoms with Gasteiger partial charge in [-0.3, -0.25) is 5.10 Å². The molecule has 0 spiro atoms. The summed E-state index contributed by atoms with van der Waals surface area (Å²) >= 11 is 0. The van der Waals surface area contributed by atoms with E-state index in [2.05, 4.69) is 19.9 Å². The molecule has 0 bridgehead atoms. The lowest BCUT2D eigenvalue weighted by Gasteiger charge is -2.07. The summed E-state index contributed by atoms with van der Waals surface area (Å²) in [5.74, 6) is 0.396. The highest BCUT2D eigenvalue weighted by Crippen LogP contribution is 2.14. The molecule has 2 heterocycles. The first kappa shape index (κ1) is 12.5. The van der Waals surface area contributed by atoms with Crippen LogP contribution in [0.1, 0.15) is 5.56 Å². The monoisotopic (exact) mass is 268 g/mol. The second-order valence-corrected chi connectivity index (χ2v) is 5.20. The lowest BCUT2D eigenvalue weighted by molar-refractivity contribution is 0.392. The summed E-state index contributed by atoms with van der Waals surface area (Å²) in [6.45, 7) is 0.102. The van der Waals surface area contributed by atoms with Crippen LogP contribution in [0.2, 0.25) is 0 Å². The topological polar surface area (TPSA) is 97.0 Å². The molecule has 0 amide bonds. The number of nitrogens with one attached hydrogen (secondary N) is 2. The minimum Gasteiger partial charge on any atom is -0.481 e. The Morgan fingerprint density at radius 1 is 1.50 bits per heavy atom. The van der Waals surface area contributed by atoms with Crippen molar-refractivity contribution < 1.29 is 13.2 Å². The van der Waals surface area contributed by atoms with Crippen molar-refractivity contribution in [1.82, 2.24) is 19.9 Å². The van der Waals surface area contributed by atoms with Crippen molar-refractivity contribution in [2.75, 3.05) is 7.11 Å². The Morgan fingerprint density at radius 3 is 3.00 bits per heavy atom. The Bertz CT molecular complexity index is 610. The number of hydrogen-bond donors (Lipinski definition) is 2. The van der Waals surface area contributed by atoms with Gasteiger partial charge in [-0.1, -0.05) is 6.07 Å². The van der Waals surface area contributed by atoms with Gasteiger partial charge in [-0.25, -0.2) is 18.1 Å². The van der Waals surface area contributed by atoms with Gasteiger partial charge in [0.25, 0.3) is 0 Å². The number of rotatable bonds is 5. The van der Waals surface area contributed by atoms with Crippen LogP contribution in [0.25, 0.3) is 0 Å². The van der Waals surface area contributed by atoms with Crippen molar-refractivity contribution in [2.24, 2.45) is 0 Å². The average molecular weight is 268 g/mol. The Kier molecular flexibility index (Phi) is 3.58. The zero-order valence-electron chi connectivity index (χ0n) is 9.62. The van der Waals surface area contributed by atoms with Gasteiger partial charge in [-0.2, -0.15) is 5.10 Å². The van der Waals surface area contributed by atoms with E-state index < -0.39 is 10.0 Å². The third kappa shape index (κ3) is 2.66. The standard InChI is InChI=1S/C10H12N4O3S/c1-17-10-8(3-2-4-11-10)5-14-18(15,16)9-6-12-13-7-9/h2-4,6-7,14H,5H2,1H3,(H,12,13). The fraction of sp³-hybridized carbons (Fsp3) is 0.200. The highest BCUT2D eigenvalue weighted by molar-refractivity contribution is 7.89. The van der Waals surface area contributed by atoms with Crippen molar-refractivity contribution >= 4 is 10.0 Å². The average Bonchev–Trinajstić information content (AvgIpc) is 2.91. The number of aromatic nitrogens is 3. The molecule has 0 atom stereocenters. The molecule has 2 aromatic rings. The number of pyridine rings is 1. The minimum atomic E-state index is -3.57. The van der Waals surface area contributed by atoms with Crippen LogP contribution < -0.4 is 9.46 Å². The Balaban J connectivity index is 2.13. The van der Waals surface area contributed by atoms with Gasteiger partial charge in [0.2, 0.25) is 15.9 Å². The van der Waals surface area contributed by atoms with E-state index in [1.807, 2.05) is 0 Å². The van der Waals surface area contributed by atoms with Crippen LogP contribution in [0.3, 0.4) is 0 Å². The predicted octanol–water partition coefficient (Wildman–Crippen LogP) is 0.292. The molecule has 7 nitrogen and oxygen atoms in total. The number of hydrogen-bond acceptors (Lipinski definition) is 5. The van der Waals surface area contributed by atoms with Crippen molar-refractivity contribution in [3.8, 4) is 5.88 Å². The van der Waals surface area contributed by atoms with Gasteiger partial charge in [-0.05, 0) is 6.07 Å². The maximum Gasteiger partial charge on any atom is 0.243 e. The number of aromatic amines is 1. The van der Waals surface area contributed by atoms with Gasteiger partial charge >= 0.3 is 0 Å². The van der Waals surface area contributed by atoms with E-state index in [1.54, 1.807) is 18.3 Å². The lowest BCUT2D eigenvalue weighted by atomic mass is 10.3. The highest BCUT2D eigenvalue weighted by Gasteiger charge is 2.15. The van der Waals surface area contributed by atoms with Crippen LogP contribution in [0, 0.1) is 0 Å². The molecule has 18 heavy (non-hydrogen) atoms. The molecule has 0 aliphatic heterocycles. The number of sulfonamides is 1. The summed E-state index contributed by atoms with van der Waals surface area (Å²) in [5, 5.41) is 6.05. The number of H-pyrrole nitrogens is 1. The molecule has 0 aliphatic carbocycles. The summed E-state index contributed by atoms with van der Waals surface area (Å²) < 4.78 is 31.1. The van der Waals surface area contributed by atoms with E-state index in [1.165, 1.54) is 19.5 Å². The van der Waals surface area contributed by atoms with E-state index >= 15 is 0 Å². The van der Waals surface area contributed by atoms with Gasteiger partial charge < -0.3 is 4.74 Å². The quantitative estimate of drug-likeness (QED) is 0.812. The fourth-order valence-corrected chi connectivity index (χ4v) is 2.30. The fourth-order valence-electron chi connectivity index (χ4n) is 1.38. The largest absolute Gasteiger partial charge is 0.481 e. The zero-order valence-corrected chi connectivity index (χ0v) is 10.4. The van der Waals surface area contributed by atoms with Gasteiger partial charge in [0.15, 0.2) is 0 Å². The Labute approximate surface area is 104 Å². The summed E-state index contributed by atoms with van der Waals surface area (Å²) in [4.78, 5) is 4.07. The number of nitrogens with zero attached hydrogens (tertiary/aromatic N) is 2. The molecule has 2 rings (SSSR count). The zero-order chi connectivity index (χ0) is 13.0. The predicted molar refractivity (Wildman–Crippen MR) is 63.4 cm³/mol. The maximum absolute atomic E-state index is 11.8. The molecule has 0 aromatic carbocycles. The van der Waals surface area contributed by atoms with Crippen molar-refractivity contribution in [1.29, 1.82) is 0 Å². The summed E-state index contributed by atoms with van der Waals surface area (Å²) in [5.41, 5.74) is 0.659. The first-order valence-electron chi connectivity index (χ1n) is 5.10. The van der Waals surface area contributed by atoms with Crippen LogP contribution in [0.15, 0.2) is 35.6 Å². The molecule has 0 saturated carbocycles. The van der Waals surface area contributed by atoms with E-state index in [9.17, 15) is 8.42 Å². The second-order valence-electron chi connectivity index (χ2n) is 3.43. The molecule has 2 aromatic heterocycles. The molecule has 0 unspecified atom stereocenters. The molecule has 0 aliphatic rings. The van der Waals surface area contributed by atoms with Crippen LogP contribution in [-0.2, 0) is 16.6 Å². The maximum atomic E-state index is 11.8.